The van der Waals surface area contributed by atoms with Gasteiger partial charge < -0.3 is 10.1 Å². The quantitative estimate of drug-likeness (QED) is 0.798. The maximum Gasteiger partial charge on any atom is 0.255 e. The number of nitrogens with one attached hydrogen (secondary N) is 1. The molecular formula is C15H22N2O4S. The molecule has 1 N–H and O–H groups in total. The van der Waals surface area contributed by atoms with E-state index in [0.717, 1.165) is 12.8 Å². The Kier molecular flexibility index (Phi) is 5.79. The Labute approximate surface area is 131 Å². The monoisotopic (exact) mass is 326 g/mol. The first-order valence-corrected chi connectivity index (χ1v) is 9.04. The Bertz CT molecular complexity index is 616. The summed E-state index contributed by atoms with van der Waals surface area (Å²) in [6.45, 7) is 1.47. The molecule has 0 atom stereocenters. The van der Waals surface area contributed by atoms with E-state index in [4.69, 9.17) is 4.74 Å². The molecule has 7 heteroatoms. The Morgan fingerprint density at radius 1 is 1.32 bits per heavy atom. The number of methoxy groups -OCH3 is 1. The molecule has 0 radical (unpaired) electrons. The molecule has 1 saturated heterocycles. The summed E-state index contributed by atoms with van der Waals surface area (Å²) in [6, 6.07) is 7.01. The van der Waals surface area contributed by atoms with Gasteiger partial charge in [0.1, 0.15) is 5.75 Å². The van der Waals surface area contributed by atoms with Crippen molar-refractivity contribution in [3.8, 4) is 5.75 Å². The first-order valence-electron chi connectivity index (χ1n) is 7.43. The zero-order valence-corrected chi connectivity index (χ0v) is 13.6. The molecule has 0 unspecified atom stereocenters. The van der Waals surface area contributed by atoms with Crippen LogP contribution in [0, 0.1) is 0 Å². The summed E-state index contributed by atoms with van der Waals surface area (Å²) in [4.78, 5) is 12.1. The van der Waals surface area contributed by atoms with Gasteiger partial charge in [0.15, 0.2) is 0 Å². The Balaban J connectivity index is 1.80. The topological polar surface area (TPSA) is 75.7 Å². The average Bonchev–Trinajstić information content (AvgIpc) is 2.52. The van der Waals surface area contributed by atoms with Crippen LogP contribution in [0.5, 0.6) is 5.75 Å². The van der Waals surface area contributed by atoms with Crippen LogP contribution < -0.4 is 10.1 Å². The SMILES string of the molecule is COc1ccccc1C(=O)NCCCN1CCCCS1(=O)=O. The molecule has 22 heavy (non-hydrogen) atoms. The number of hydrogen-bond acceptors (Lipinski definition) is 4. The van der Waals surface area contributed by atoms with E-state index in [1.807, 2.05) is 0 Å². The molecule has 6 nitrogen and oxygen atoms in total. The molecule has 1 amide bonds. The standard InChI is InChI=1S/C15H22N2O4S/c1-21-14-8-3-2-7-13(14)15(18)16-9-6-11-17-10-4-5-12-22(17,19)20/h2-3,7-8H,4-6,9-12H2,1H3,(H,16,18). The van der Waals surface area contributed by atoms with Crippen molar-refractivity contribution >= 4 is 15.9 Å². The van der Waals surface area contributed by atoms with Crippen LogP contribution in [-0.2, 0) is 10.0 Å². The van der Waals surface area contributed by atoms with E-state index >= 15 is 0 Å². The summed E-state index contributed by atoms with van der Waals surface area (Å²) in [5, 5.41) is 2.80. The lowest BCUT2D eigenvalue weighted by molar-refractivity contribution is 0.0949. The maximum atomic E-state index is 12.1. The highest BCUT2D eigenvalue weighted by atomic mass is 32.2. The lowest BCUT2D eigenvalue weighted by atomic mass is 10.2. The fourth-order valence-electron chi connectivity index (χ4n) is 2.48. The van der Waals surface area contributed by atoms with Gasteiger partial charge >= 0.3 is 0 Å². The highest BCUT2D eigenvalue weighted by molar-refractivity contribution is 7.89. The second kappa shape index (κ2) is 7.60. The number of amides is 1. The number of para-hydroxylation sites is 1. The molecule has 122 valence electrons. The van der Waals surface area contributed by atoms with E-state index < -0.39 is 10.0 Å². The molecule has 0 spiro atoms. The zero-order valence-electron chi connectivity index (χ0n) is 12.7. The first kappa shape index (κ1) is 16.8. The zero-order chi connectivity index (χ0) is 16.0. The predicted molar refractivity (Wildman–Crippen MR) is 84.5 cm³/mol. The second-order valence-corrected chi connectivity index (χ2v) is 7.32. The van der Waals surface area contributed by atoms with E-state index in [0.29, 0.717) is 37.4 Å². The van der Waals surface area contributed by atoms with Crippen LogP contribution in [0.2, 0.25) is 0 Å². The van der Waals surface area contributed by atoms with Crippen LogP contribution in [0.3, 0.4) is 0 Å². The molecule has 0 aliphatic carbocycles. The number of rotatable bonds is 6. The largest absolute Gasteiger partial charge is 0.496 e. The van der Waals surface area contributed by atoms with Gasteiger partial charge in [0.05, 0.1) is 18.4 Å². The minimum atomic E-state index is -3.09. The molecule has 1 fully saturated rings. The van der Waals surface area contributed by atoms with Crippen molar-refractivity contribution in [2.24, 2.45) is 0 Å². The summed E-state index contributed by atoms with van der Waals surface area (Å²) in [5.74, 6) is 0.554. The Hall–Kier alpha value is -1.60. The minimum absolute atomic E-state index is 0.209. The van der Waals surface area contributed by atoms with Crippen molar-refractivity contribution < 1.29 is 17.9 Å². The normalized spacial score (nSPS) is 17.9. The lowest BCUT2D eigenvalue weighted by Gasteiger charge is -2.26. The summed E-state index contributed by atoms with van der Waals surface area (Å²) < 4.78 is 30.3. The third-order valence-electron chi connectivity index (χ3n) is 3.67. The maximum absolute atomic E-state index is 12.1. The summed E-state index contributed by atoms with van der Waals surface area (Å²) >= 11 is 0. The number of ether oxygens (including phenoxy) is 1. The number of benzene rings is 1. The van der Waals surface area contributed by atoms with Crippen LogP contribution in [0.15, 0.2) is 24.3 Å². The van der Waals surface area contributed by atoms with Crippen molar-refractivity contribution in [3.05, 3.63) is 29.8 Å². The third-order valence-corrected chi connectivity index (χ3v) is 5.63. The van der Waals surface area contributed by atoms with Crippen LogP contribution in [0.4, 0.5) is 0 Å². The number of sulfonamides is 1. The molecular weight excluding hydrogens is 304 g/mol. The highest BCUT2D eigenvalue weighted by Crippen LogP contribution is 2.17. The van der Waals surface area contributed by atoms with Gasteiger partial charge in [0.2, 0.25) is 10.0 Å². The van der Waals surface area contributed by atoms with Gasteiger partial charge in [-0.2, -0.15) is 0 Å². The smallest absolute Gasteiger partial charge is 0.255 e. The fourth-order valence-corrected chi connectivity index (χ4v) is 4.12. The number of nitrogens with zero attached hydrogens (tertiary/aromatic N) is 1. The molecule has 0 aromatic heterocycles. The van der Waals surface area contributed by atoms with E-state index in [9.17, 15) is 13.2 Å². The molecule has 1 heterocycles. The minimum Gasteiger partial charge on any atom is -0.496 e. The number of carbonyl (C=O) groups is 1. The summed E-state index contributed by atoms with van der Waals surface area (Å²) in [5.41, 5.74) is 0.482. The molecule has 0 bridgehead atoms. The van der Waals surface area contributed by atoms with Gasteiger partial charge in [0, 0.05) is 19.6 Å². The fraction of sp³-hybridized carbons (Fsp3) is 0.533. The molecule has 1 aliphatic heterocycles. The van der Waals surface area contributed by atoms with Gasteiger partial charge in [0.25, 0.3) is 5.91 Å². The molecule has 0 saturated carbocycles. The lowest BCUT2D eigenvalue weighted by Crippen LogP contribution is -2.39. The predicted octanol–water partition coefficient (Wildman–Crippen LogP) is 1.24. The Morgan fingerprint density at radius 3 is 2.82 bits per heavy atom. The highest BCUT2D eigenvalue weighted by Gasteiger charge is 2.24. The summed E-state index contributed by atoms with van der Waals surface area (Å²) in [6.07, 6.45) is 2.25. The van der Waals surface area contributed by atoms with Crippen LogP contribution in [0.1, 0.15) is 29.6 Å². The number of hydrogen-bond donors (Lipinski definition) is 1. The van der Waals surface area contributed by atoms with Gasteiger partial charge in [-0.05, 0) is 31.4 Å². The van der Waals surface area contributed by atoms with Gasteiger partial charge in [-0.15, -0.1) is 0 Å². The van der Waals surface area contributed by atoms with Gasteiger partial charge in [-0.25, -0.2) is 12.7 Å². The molecule has 1 aromatic carbocycles. The number of carbonyl (C=O) groups excluding carboxylic acids is 1. The van der Waals surface area contributed by atoms with Gasteiger partial charge in [-0.3, -0.25) is 4.79 Å². The molecule has 1 aliphatic rings. The van der Waals surface area contributed by atoms with E-state index in [2.05, 4.69) is 5.32 Å². The van der Waals surface area contributed by atoms with Crippen LogP contribution in [0.25, 0.3) is 0 Å². The second-order valence-electron chi connectivity index (χ2n) is 5.23. The Morgan fingerprint density at radius 2 is 2.09 bits per heavy atom. The molecule has 2 rings (SSSR count). The van der Waals surface area contributed by atoms with E-state index in [1.54, 1.807) is 24.3 Å². The van der Waals surface area contributed by atoms with Crippen molar-refractivity contribution in [2.75, 3.05) is 32.5 Å². The van der Waals surface area contributed by atoms with Crippen molar-refractivity contribution in [3.63, 3.8) is 0 Å². The van der Waals surface area contributed by atoms with Crippen LogP contribution >= 0.6 is 0 Å². The molecule has 1 aromatic rings. The van der Waals surface area contributed by atoms with Crippen molar-refractivity contribution in [2.45, 2.75) is 19.3 Å². The average molecular weight is 326 g/mol. The van der Waals surface area contributed by atoms with E-state index in [1.165, 1.54) is 11.4 Å². The van der Waals surface area contributed by atoms with Crippen LogP contribution in [-0.4, -0.2) is 51.1 Å². The van der Waals surface area contributed by atoms with Crippen molar-refractivity contribution in [1.82, 2.24) is 9.62 Å². The third kappa shape index (κ3) is 4.20. The summed E-state index contributed by atoms with van der Waals surface area (Å²) in [7, 11) is -1.57. The van der Waals surface area contributed by atoms with Gasteiger partial charge in [-0.1, -0.05) is 12.1 Å². The first-order chi connectivity index (χ1) is 10.5. The van der Waals surface area contributed by atoms with E-state index in [-0.39, 0.29) is 11.7 Å². The van der Waals surface area contributed by atoms with Crippen molar-refractivity contribution in [1.29, 1.82) is 0 Å².